The molecule has 0 N–H and O–H groups in total. The molecule has 1 unspecified atom stereocenters. The first kappa shape index (κ1) is 16.2. The lowest BCUT2D eigenvalue weighted by Gasteiger charge is -2.25. The minimum absolute atomic E-state index is 0.0268. The van der Waals surface area contributed by atoms with Crippen LogP contribution in [0.5, 0.6) is 0 Å². The third-order valence-electron chi connectivity index (χ3n) is 4.45. The number of aromatic nitrogens is 1. The Balaban J connectivity index is 1.80. The van der Waals surface area contributed by atoms with E-state index in [-0.39, 0.29) is 23.3 Å². The first-order valence-corrected chi connectivity index (χ1v) is 9.05. The maximum Gasteiger partial charge on any atom is 0.231 e. The molecular weight excluding hydrogens is 308 g/mol. The summed E-state index contributed by atoms with van der Waals surface area (Å²) in [5.74, 6) is 0.747. The summed E-state index contributed by atoms with van der Waals surface area (Å²) in [5, 5.41) is 2.02. The van der Waals surface area contributed by atoms with Crippen molar-refractivity contribution >= 4 is 17.2 Å². The summed E-state index contributed by atoms with van der Waals surface area (Å²) >= 11 is 1.64. The van der Waals surface area contributed by atoms with E-state index in [1.165, 1.54) is 0 Å². The Labute approximate surface area is 141 Å². The molecule has 1 amide bonds. The van der Waals surface area contributed by atoms with Gasteiger partial charge in [-0.15, -0.1) is 11.3 Å². The van der Waals surface area contributed by atoms with E-state index in [2.05, 4.69) is 25.8 Å². The van der Waals surface area contributed by atoms with Gasteiger partial charge >= 0.3 is 0 Å². The highest BCUT2D eigenvalue weighted by molar-refractivity contribution is 7.10. The number of oxazole rings is 1. The topological polar surface area (TPSA) is 46.3 Å². The molecule has 3 heterocycles. The van der Waals surface area contributed by atoms with E-state index in [1.807, 2.05) is 29.3 Å². The second-order valence-electron chi connectivity index (χ2n) is 7.25. The van der Waals surface area contributed by atoms with E-state index in [0.717, 1.165) is 30.0 Å². The molecule has 3 rings (SSSR count). The number of rotatable bonds is 3. The van der Waals surface area contributed by atoms with Crippen LogP contribution in [0.2, 0.25) is 0 Å². The van der Waals surface area contributed by atoms with Crippen LogP contribution in [0, 0.1) is 0 Å². The number of carbonyl (C=O) groups excluding carboxylic acids is 1. The van der Waals surface area contributed by atoms with Crippen LogP contribution >= 0.6 is 11.3 Å². The van der Waals surface area contributed by atoms with Gasteiger partial charge in [-0.2, -0.15) is 0 Å². The monoisotopic (exact) mass is 332 g/mol. The van der Waals surface area contributed by atoms with Crippen molar-refractivity contribution in [1.82, 2.24) is 9.88 Å². The molecule has 1 saturated heterocycles. The highest BCUT2D eigenvalue weighted by Crippen LogP contribution is 2.36. The largest absolute Gasteiger partial charge is 0.446 e. The standard InChI is InChI=1S/C18H24N2O2S/c1-12(14-8-6-10-23-14)17(21)20-9-5-7-13(20)16-19-15(11-22-16)18(2,3)4/h6,8,10-13H,5,7,9H2,1-4H3/t12?,13-/m1/s1. The van der Waals surface area contributed by atoms with Gasteiger partial charge in [0.1, 0.15) is 12.3 Å². The molecule has 4 nitrogen and oxygen atoms in total. The Morgan fingerprint density at radius 3 is 2.87 bits per heavy atom. The first-order chi connectivity index (χ1) is 10.9. The first-order valence-electron chi connectivity index (χ1n) is 8.17. The molecule has 0 bridgehead atoms. The summed E-state index contributed by atoms with van der Waals surface area (Å²) in [4.78, 5) is 20.6. The van der Waals surface area contributed by atoms with Gasteiger partial charge in [0.25, 0.3) is 0 Å². The van der Waals surface area contributed by atoms with Gasteiger partial charge in [-0.25, -0.2) is 4.98 Å². The van der Waals surface area contributed by atoms with E-state index in [0.29, 0.717) is 5.89 Å². The maximum atomic E-state index is 12.9. The van der Waals surface area contributed by atoms with Crippen molar-refractivity contribution < 1.29 is 9.21 Å². The molecule has 0 aromatic carbocycles. The van der Waals surface area contributed by atoms with Gasteiger partial charge in [0, 0.05) is 16.8 Å². The highest BCUT2D eigenvalue weighted by atomic mass is 32.1. The van der Waals surface area contributed by atoms with Crippen LogP contribution in [0.4, 0.5) is 0 Å². The molecule has 2 atom stereocenters. The number of thiophene rings is 1. The lowest BCUT2D eigenvalue weighted by Crippen LogP contribution is -2.33. The van der Waals surface area contributed by atoms with Crippen LogP contribution in [-0.4, -0.2) is 22.3 Å². The third-order valence-corrected chi connectivity index (χ3v) is 5.51. The number of likely N-dealkylation sites (tertiary alicyclic amines) is 1. The van der Waals surface area contributed by atoms with Crippen molar-refractivity contribution in [3.05, 3.63) is 40.2 Å². The Morgan fingerprint density at radius 1 is 1.48 bits per heavy atom. The Hall–Kier alpha value is -1.62. The van der Waals surface area contributed by atoms with Crippen LogP contribution in [0.3, 0.4) is 0 Å². The average Bonchev–Trinajstić information content (AvgIpc) is 3.23. The van der Waals surface area contributed by atoms with E-state index in [4.69, 9.17) is 4.42 Å². The Bertz CT molecular complexity index is 670. The second kappa shape index (κ2) is 6.11. The Kier molecular flexibility index (Phi) is 4.32. The molecule has 2 aromatic heterocycles. The minimum Gasteiger partial charge on any atom is -0.446 e. The van der Waals surface area contributed by atoms with Crippen molar-refractivity contribution in [2.75, 3.05) is 6.54 Å². The number of amides is 1. The minimum atomic E-state index is -0.104. The van der Waals surface area contributed by atoms with Crippen LogP contribution in [0.1, 0.15) is 69.0 Å². The highest BCUT2D eigenvalue weighted by Gasteiger charge is 2.36. The molecule has 124 valence electrons. The molecular formula is C18H24N2O2S. The fourth-order valence-corrected chi connectivity index (χ4v) is 3.76. The van der Waals surface area contributed by atoms with Crippen LogP contribution in [0.25, 0.3) is 0 Å². The van der Waals surface area contributed by atoms with Crippen molar-refractivity contribution in [3.63, 3.8) is 0 Å². The van der Waals surface area contributed by atoms with Crippen molar-refractivity contribution in [2.24, 2.45) is 0 Å². The molecule has 0 saturated carbocycles. The number of hydrogen-bond donors (Lipinski definition) is 0. The zero-order valence-corrected chi connectivity index (χ0v) is 15.0. The van der Waals surface area contributed by atoms with Gasteiger partial charge in [0.05, 0.1) is 11.6 Å². The van der Waals surface area contributed by atoms with Gasteiger partial charge in [-0.1, -0.05) is 26.8 Å². The summed E-state index contributed by atoms with van der Waals surface area (Å²) in [6, 6.07) is 4.00. The molecule has 0 aliphatic carbocycles. The average molecular weight is 332 g/mol. The summed E-state index contributed by atoms with van der Waals surface area (Å²) < 4.78 is 5.72. The predicted octanol–water partition coefficient (Wildman–Crippen LogP) is 4.50. The summed E-state index contributed by atoms with van der Waals surface area (Å²) in [7, 11) is 0. The van der Waals surface area contributed by atoms with Crippen molar-refractivity contribution in [2.45, 2.75) is 57.9 Å². The fourth-order valence-electron chi connectivity index (χ4n) is 2.98. The smallest absolute Gasteiger partial charge is 0.231 e. The second-order valence-corrected chi connectivity index (χ2v) is 8.23. The normalized spacial score (nSPS) is 20.0. The number of hydrogen-bond acceptors (Lipinski definition) is 4. The van der Waals surface area contributed by atoms with E-state index in [1.54, 1.807) is 17.6 Å². The summed E-state index contributed by atoms with van der Waals surface area (Å²) in [6.07, 6.45) is 3.66. The summed E-state index contributed by atoms with van der Waals surface area (Å²) in [5.41, 5.74) is 0.900. The molecule has 2 aromatic rings. The SMILES string of the molecule is CC(C(=O)N1CCC[C@@H]1c1nc(C(C)(C)C)co1)c1cccs1. The van der Waals surface area contributed by atoms with Gasteiger partial charge in [0.15, 0.2) is 0 Å². The lowest BCUT2D eigenvalue weighted by atomic mass is 9.93. The molecule has 1 aliphatic heterocycles. The van der Waals surface area contributed by atoms with Gasteiger partial charge in [0.2, 0.25) is 11.8 Å². The quantitative estimate of drug-likeness (QED) is 0.831. The van der Waals surface area contributed by atoms with E-state index < -0.39 is 0 Å². The molecule has 0 radical (unpaired) electrons. The van der Waals surface area contributed by atoms with E-state index >= 15 is 0 Å². The van der Waals surface area contributed by atoms with Crippen molar-refractivity contribution in [3.8, 4) is 0 Å². The zero-order chi connectivity index (χ0) is 16.6. The van der Waals surface area contributed by atoms with Gasteiger partial charge < -0.3 is 9.32 Å². The predicted molar refractivity (Wildman–Crippen MR) is 91.6 cm³/mol. The fraction of sp³-hybridized carbons (Fsp3) is 0.556. The number of carbonyl (C=O) groups is 1. The Morgan fingerprint density at radius 2 is 2.26 bits per heavy atom. The molecule has 1 fully saturated rings. The molecule has 23 heavy (non-hydrogen) atoms. The van der Waals surface area contributed by atoms with Gasteiger partial charge in [-0.05, 0) is 31.2 Å². The molecule has 0 spiro atoms. The van der Waals surface area contributed by atoms with Gasteiger partial charge in [-0.3, -0.25) is 4.79 Å². The maximum absolute atomic E-state index is 12.9. The zero-order valence-electron chi connectivity index (χ0n) is 14.2. The lowest BCUT2D eigenvalue weighted by molar-refractivity contribution is -0.133. The van der Waals surface area contributed by atoms with Crippen LogP contribution < -0.4 is 0 Å². The van der Waals surface area contributed by atoms with Crippen LogP contribution in [0.15, 0.2) is 28.2 Å². The molecule has 1 aliphatic rings. The third kappa shape index (κ3) is 3.20. The number of nitrogens with zero attached hydrogens (tertiary/aromatic N) is 2. The van der Waals surface area contributed by atoms with E-state index in [9.17, 15) is 4.79 Å². The van der Waals surface area contributed by atoms with Crippen LogP contribution in [-0.2, 0) is 10.2 Å². The molecule has 5 heteroatoms. The summed E-state index contributed by atoms with van der Waals surface area (Å²) in [6.45, 7) is 9.12. The van der Waals surface area contributed by atoms with Crippen molar-refractivity contribution in [1.29, 1.82) is 0 Å².